The van der Waals surface area contributed by atoms with Crippen LogP contribution in [0.5, 0.6) is 0 Å². The van der Waals surface area contributed by atoms with Gasteiger partial charge in [0.2, 0.25) is 5.95 Å². The van der Waals surface area contributed by atoms with E-state index < -0.39 is 5.54 Å². The van der Waals surface area contributed by atoms with Gasteiger partial charge in [-0.05, 0) is 24.0 Å². The van der Waals surface area contributed by atoms with E-state index in [2.05, 4.69) is 34.0 Å². The first-order valence-electron chi connectivity index (χ1n) is 10.5. The van der Waals surface area contributed by atoms with Crippen LogP contribution >= 0.6 is 0 Å². The van der Waals surface area contributed by atoms with Crippen molar-refractivity contribution in [1.29, 1.82) is 0 Å². The molecule has 2 fully saturated rings. The predicted molar refractivity (Wildman–Crippen MR) is 113 cm³/mol. The summed E-state index contributed by atoms with van der Waals surface area (Å²) < 4.78 is 0. The maximum atomic E-state index is 13.5. The largest absolute Gasteiger partial charge is 0.330 e. The summed E-state index contributed by atoms with van der Waals surface area (Å²) in [6.07, 6.45) is 4.06. The Morgan fingerprint density at radius 3 is 2.37 bits per heavy atom. The summed E-state index contributed by atoms with van der Waals surface area (Å²) in [5.74, 6) is 0.844. The van der Waals surface area contributed by atoms with Crippen molar-refractivity contribution in [2.24, 2.45) is 5.92 Å². The SMILES string of the molecule is CC(C)C[C@@]1(c2ccccc2)NC(=O)N(C[NH+]2CCN(c3ncccn3)CC2)C1=O. The molecule has 3 heterocycles. The molecule has 0 bridgehead atoms. The highest BCUT2D eigenvalue weighted by atomic mass is 16.2. The molecule has 2 aromatic rings. The molecule has 2 saturated heterocycles. The van der Waals surface area contributed by atoms with Crippen LogP contribution in [0, 0.1) is 5.92 Å². The number of nitrogens with zero attached hydrogens (tertiary/aromatic N) is 4. The molecule has 30 heavy (non-hydrogen) atoms. The van der Waals surface area contributed by atoms with Crippen molar-refractivity contribution < 1.29 is 14.5 Å². The lowest BCUT2D eigenvalue weighted by molar-refractivity contribution is -0.907. The quantitative estimate of drug-likeness (QED) is 0.684. The summed E-state index contributed by atoms with van der Waals surface area (Å²) in [5, 5.41) is 3.03. The number of piperazine rings is 1. The van der Waals surface area contributed by atoms with Crippen molar-refractivity contribution in [2.45, 2.75) is 25.8 Å². The zero-order valence-electron chi connectivity index (χ0n) is 17.5. The van der Waals surface area contributed by atoms with Gasteiger partial charge in [0, 0.05) is 12.4 Å². The van der Waals surface area contributed by atoms with E-state index in [4.69, 9.17) is 0 Å². The highest BCUT2D eigenvalue weighted by Crippen LogP contribution is 2.34. The molecule has 1 aromatic carbocycles. The van der Waals surface area contributed by atoms with Gasteiger partial charge in [-0.1, -0.05) is 44.2 Å². The number of carbonyl (C=O) groups excluding carboxylic acids is 2. The molecule has 0 spiro atoms. The standard InChI is InChI=1S/C22H28N6O2/c1-17(2)15-22(18-7-4-3-5-8-18)19(29)28(21(30)25-22)16-26-11-13-27(14-12-26)20-23-9-6-10-24-20/h3-10,17H,11-16H2,1-2H3,(H,25,30)/p+1/t22-/m0/s1. The highest BCUT2D eigenvalue weighted by Gasteiger charge is 2.53. The molecule has 1 atom stereocenters. The van der Waals surface area contributed by atoms with Crippen molar-refractivity contribution in [3.8, 4) is 0 Å². The first-order valence-corrected chi connectivity index (χ1v) is 10.5. The predicted octanol–water partition coefficient (Wildman–Crippen LogP) is 0.632. The Kier molecular flexibility index (Phi) is 5.67. The molecule has 8 nitrogen and oxygen atoms in total. The van der Waals surface area contributed by atoms with Crippen molar-refractivity contribution in [3.05, 3.63) is 54.4 Å². The minimum Gasteiger partial charge on any atom is -0.330 e. The normalized spacial score (nSPS) is 22.6. The molecule has 4 rings (SSSR count). The van der Waals surface area contributed by atoms with Gasteiger partial charge in [-0.3, -0.25) is 4.79 Å². The number of imide groups is 1. The van der Waals surface area contributed by atoms with Gasteiger partial charge in [-0.25, -0.2) is 19.7 Å². The van der Waals surface area contributed by atoms with Gasteiger partial charge >= 0.3 is 6.03 Å². The van der Waals surface area contributed by atoms with Crippen LogP contribution in [-0.4, -0.2) is 59.7 Å². The third-order valence-electron chi connectivity index (χ3n) is 5.84. The van der Waals surface area contributed by atoms with Gasteiger partial charge in [-0.2, -0.15) is 0 Å². The number of nitrogens with one attached hydrogen (secondary N) is 2. The number of amides is 3. The average Bonchev–Trinajstić information content (AvgIpc) is 3.00. The molecule has 3 amide bonds. The Morgan fingerprint density at radius 2 is 1.73 bits per heavy atom. The summed E-state index contributed by atoms with van der Waals surface area (Å²) >= 11 is 0. The first kappa shape index (κ1) is 20.3. The number of carbonyl (C=O) groups is 2. The fraction of sp³-hybridized carbons (Fsp3) is 0.455. The van der Waals surface area contributed by atoms with Crippen LogP contribution in [0.25, 0.3) is 0 Å². The molecular formula is C22H29N6O2+. The van der Waals surface area contributed by atoms with E-state index in [0.717, 1.165) is 37.7 Å². The van der Waals surface area contributed by atoms with Gasteiger partial charge in [0.05, 0.1) is 26.2 Å². The molecule has 2 aliphatic rings. The minimum atomic E-state index is -0.981. The van der Waals surface area contributed by atoms with Gasteiger partial charge in [0.25, 0.3) is 5.91 Å². The topological polar surface area (TPSA) is 82.9 Å². The average molecular weight is 410 g/mol. The Hall–Kier alpha value is -3.00. The van der Waals surface area contributed by atoms with E-state index in [9.17, 15) is 9.59 Å². The molecule has 0 saturated carbocycles. The number of aromatic nitrogens is 2. The van der Waals surface area contributed by atoms with Crippen LogP contribution in [0.15, 0.2) is 48.8 Å². The number of anilines is 1. The van der Waals surface area contributed by atoms with E-state index in [-0.39, 0.29) is 17.9 Å². The summed E-state index contributed by atoms with van der Waals surface area (Å²) in [5.41, 5.74) is -0.133. The van der Waals surface area contributed by atoms with E-state index in [1.54, 1.807) is 18.5 Å². The molecule has 2 N–H and O–H groups in total. The molecule has 0 unspecified atom stereocenters. The molecule has 0 radical (unpaired) electrons. The number of urea groups is 1. The first-order chi connectivity index (χ1) is 14.5. The summed E-state index contributed by atoms with van der Waals surface area (Å²) in [6, 6.07) is 11.1. The lowest BCUT2D eigenvalue weighted by Crippen LogP contribution is -3.16. The summed E-state index contributed by atoms with van der Waals surface area (Å²) in [4.78, 5) is 39.8. The second-order valence-corrected chi connectivity index (χ2v) is 8.48. The van der Waals surface area contributed by atoms with Crippen molar-refractivity contribution >= 4 is 17.9 Å². The molecule has 158 valence electrons. The molecule has 8 heteroatoms. The fourth-order valence-electron chi connectivity index (χ4n) is 4.42. The summed E-state index contributed by atoms with van der Waals surface area (Å²) in [7, 11) is 0. The Labute approximate surface area is 176 Å². The van der Waals surface area contributed by atoms with Crippen LogP contribution in [0.1, 0.15) is 25.8 Å². The maximum Gasteiger partial charge on any atom is 0.329 e. The van der Waals surface area contributed by atoms with E-state index in [1.807, 2.05) is 30.3 Å². The lowest BCUT2D eigenvalue weighted by Gasteiger charge is -2.33. The van der Waals surface area contributed by atoms with Gasteiger partial charge < -0.3 is 15.1 Å². The molecule has 1 aromatic heterocycles. The lowest BCUT2D eigenvalue weighted by atomic mass is 9.82. The number of hydrogen-bond acceptors (Lipinski definition) is 5. The molecular weight excluding hydrogens is 380 g/mol. The molecule has 2 aliphatic heterocycles. The van der Waals surface area contributed by atoms with E-state index in [0.29, 0.717) is 13.1 Å². The van der Waals surface area contributed by atoms with Crippen LogP contribution in [-0.2, 0) is 10.3 Å². The molecule has 0 aliphatic carbocycles. The van der Waals surface area contributed by atoms with Gasteiger partial charge in [-0.15, -0.1) is 0 Å². The smallest absolute Gasteiger partial charge is 0.329 e. The maximum absolute atomic E-state index is 13.5. The van der Waals surface area contributed by atoms with Crippen LogP contribution in [0.2, 0.25) is 0 Å². The number of quaternary nitrogens is 1. The Balaban J connectivity index is 1.46. The van der Waals surface area contributed by atoms with Crippen molar-refractivity contribution in [3.63, 3.8) is 0 Å². The summed E-state index contributed by atoms with van der Waals surface area (Å²) in [6.45, 7) is 7.74. The Bertz CT molecular complexity index is 883. The second kappa shape index (κ2) is 8.39. The van der Waals surface area contributed by atoms with Crippen LogP contribution < -0.4 is 15.1 Å². The van der Waals surface area contributed by atoms with Crippen molar-refractivity contribution in [2.75, 3.05) is 37.7 Å². The highest BCUT2D eigenvalue weighted by molar-refractivity contribution is 6.07. The van der Waals surface area contributed by atoms with Gasteiger partial charge in [0.15, 0.2) is 6.67 Å². The number of benzene rings is 1. The fourth-order valence-corrected chi connectivity index (χ4v) is 4.42. The van der Waals surface area contributed by atoms with Crippen LogP contribution in [0.4, 0.5) is 10.7 Å². The third kappa shape index (κ3) is 3.87. The number of rotatable bonds is 6. The van der Waals surface area contributed by atoms with E-state index >= 15 is 0 Å². The number of hydrogen-bond donors (Lipinski definition) is 2. The van der Waals surface area contributed by atoms with Crippen LogP contribution in [0.3, 0.4) is 0 Å². The second-order valence-electron chi connectivity index (χ2n) is 8.48. The minimum absolute atomic E-state index is 0.145. The van der Waals surface area contributed by atoms with Gasteiger partial charge in [0.1, 0.15) is 5.54 Å². The monoisotopic (exact) mass is 409 g/mol. The Morgan fingerprint density at radius 1 is 1.07 bits per heavy atom. The third-order valence-corrected chi connectivity index (χ3v) is 5.84. The van der Waals surface area contributed by atoms with Crippen molar-refractivity contribution in [1.82, 2.24) is 20.2 Å². The zero-order valence-corrected chi connectivity index (χ0v) is 17.5. The zero-order chi connectivity index (χ0) is 21.1. The van der Waals surface area contributed by atoms with E-state index in [1.165, 1.54) is 9.80 Å².